The van der Waals surface area contributed by atoms with Gasteiger partial charge in [0, 0.05) is 5.56 Å². The summed E-state index contributed by atoms with van der Waals surface area (Å²) < 4.78 is 43.8. The molecule has 0 radical (unpaired) electrons. The molecule has 1 heterocycles. The van der Waals surface area contributed by atoms with Crippen molar-refractivity contribution in [2.24, 2.45) is 0 Å². The van der Waals surface area contributed by atoms with Crippen LogP contribution in [0.4, 0.5) is 13.2 Å². The van der Waals surface area contributed by atoms with Crippen LogP contribution in [0.2, 0.25) is 0 Å². The van der Waals surface area contributed by atoms with E-state index in [2.05, 4.69) is 0 Å². The van der Waals surface area contributed by atoms with Crippen LogP contribution in [0.5, 0.6) is 5.75 Å². The number of para-hydroxylation sites is 1. The van der Waals surface area contributed by atoms with Crippen LogP contribution in [0.1, 0.15) is 11.1 Å². The second kappa shape index (κ2) is 4.16. The third-order valence-corrected chi connectivity index (χ3v) is 3.22. The maximum absolute atomic E-state index is 13.0. The molecule has 1 N–H and O–H groups in total. The van der Waals surface area contributed by atoms with Crippen LogP contribution in [0.15, 0.2) is 23.8 Å². The maximum atomic E-state index is 13.0. The first-order chi connectivity index (χ1) is 8.67. The van der Waals surface area contributed by atoms with E-state index in [1.165, 1.54) is 6.07 Å². The smallest absolute Gasteiger partial charge is 0.448 e. The molecule has 0 amide bonds. The van der Waals surface area contributed by atoms with E-state index < -0.39 is 22.8 Å². The molecule has 0 bridgehead atoms. The van der Waals surface area contributed by atoms with Crippen LogP contribution in [-0.4, -0.2) is 22.3 Å². The zero-order chi connectivity index (χ0) is 14.4. The molecule has 0 saturated heterocycles. The summed E-state index contributed by atoms with van der Waals surface area (Å²) >= 11 is 5.42. The first kappa shape index (κ1) is 13.7. The Labute approximate surface area is 111 Å². The van der Waals surface area contributed by atoms with E-state index in [9.17, 15) is 18.0 Å². The summed E-state index contributed by atoms with van der Waals surface area (Å²) in [7, 11) is 0. The van der Waals surface area contributed by atoms with E-state index in [1.807, 2.05) is 0 Å². The van der Waals surface area contributed by atoms with Gasteiger partial charge in [0.1, 0.15) is 11.3 Å². The molecule has 1 aromatic rings. The van der Waals surface area contributed by atoms with Gasteiger partial charge in [0.05, 0.1) is 0 Å². The SMILES string of the molecule is Cc1cccc2c1OC(Cl)(C(F)(F)F)C(C(=O)O)=C2. The third-order valence-electron chi connectivity index (χ3n) is 2.73. The first-order valence-corrected chi connectivity index (χ1v) is 5.54. The molecular formula is C12H8ClF3O3. The lowest BCUT2D eigenvalue weighted by atomic mass is 9.99. The standard InChI is InChI=1S/C12H8ClF3O3/c1-6-3-2-4-7-5-8(10(17)18)11(13,12(14,15)16)19-9(6)7/h2-5H,1H3,(H,17,18). The molecule has 0 aromatic heterocycles. The average Bonchev–Trinajstić information content (AvgIpc) is 2.28. The quantitative estimate of drug-likeness (QED) is 0.807. The second-order valence-corrected chi connectivity index (χ2v) is 4.58. The lowest BCUT2D eigenvalue weighted by Crippen LogP contribution is -2.50. The van der Waals surface area contributed by atoms with Gasteiger partial charge < -0.3 is 9.84 Å². The van der Waals surface area contributed by atoms with E-state index >= 15 is 0 Å². The van der Waals surface area contributed by atoms with Crippen molar-refractivity contribution in [2.75, 3.05) is 0 Å². The van der Waals surface area contributed by atoms with Crippen molar-refractivity contribution < 1.29 is 27.8 Å². The predicted molar refractivity (Wildman–Crippen MR) is 62.1 cm³/mol. The molecule has 0 spiro atoms. The lowest BCUT2D eigenvalue weighted by Gasteiger charge is -2.34. The zero-order valence-corrected chi connectivity index (χ0v) is 10.3. The van der Waals surface area contributed by atoms with Gasteiger partial charge in [-0.2, -0.15) is 13.2 Å². The number of carbonyl (C=O) groups is 1. The first-order valence-electron chi connectivity index (χ1n) is 5.16. The van der Waals surface area contributed by atoms with Gasteiger partial charge in [-0.3, -0.25) is 0 Å². The van der Waals surface area contributed by atoms with E-state index in [4.69, 9.17) is 21.4 Å². The van der Waals surface area contributed by atoms with Crippen LogP contribution in [0.3, 0.4) is 0 Å². The van der Waals surface area contributed by atoms with E-state index in [-0.39, 0.29) is 11.3 Å². The number of alkyl halides is 4. The van der Waals surface area contributed by atoms with Crippen molar-refractivity contribution in [1.82, 2.24) is 0 Å². The number of ether oxygens (including phenoxy) is 1. The fourth-order valence-corrected chi connectivity index (χ4v) is 1.99. The van der Waals surface area contributed by atoms with Gasteiger partial charge in [0.15, 0.2) is 0 Å². The summed E-state index contributed by atoms with van der Waals surface area (Å²) in [5.41, 5.74) is -0.370. The Kier molecular flexibility index (Phi) is 3.01. The molecule has 1 atom stereocenters. The average molecular weight is 293 g/mol. The topological polar surface area (TPSA) is 46.5 Å². The zero-order valence-electron chi connectivity index (χ0n) is 9.58. The van der Waals surface area contributed by atoms with Crippen LogP contribution < -0.4 is 4.74 Å². The number of aliphatic carboxylic acids is 1. The Balaban J connectivity index is 2.69. The number of rotatable bonds is 1. The number of carboxylic acid groups (broad SMARTS) is 1. The predicted octanol–water partition coefficient (Wildman–Crippen LogP) is 3.35. The molecule has 1 unspecified atom stereocenters. The van der Waals surface area contributed by atoms with E-state index in [0.29, 0.717) is 5.56 Å². The number of aryl methyl sites for hydroxylation is 1. The Bertz CT molecular complexity index is 580. The number of hydrogen-bond donors (Lipinski definition) is 1. The van der Waals surface area contributed by atoms with Gasteiger partial charge in [-0.05, 0) is 18.6 Å². The Hall–Kier alpha value is -1.69. The number of carboxylic acids is 1. The largest absolute Gasteiger partial charge is 0.478 e. The summed E-state index contributed by atoms with van der Waals surface area (Å²) in [5.74, 6) is -1.85. The van der Waals surface area contributed by atoms with Gasteiger partial charge >= 0.3 is 17.2 Å². The van der Waals surface area contributed by atoms with Gasteiger partial charge in [-0.15, -0.1) is 0 Å². The molecule has 0 fully saturated rings. The molecule has 1 aliphatic heterocycles. The highest BCUT2D eigenvalue weighted by molar-refractivity contribution is 6.29. The Morgan fingerprint density at radius 2 is 2.05 bits per heavy atom. The van der Waals surface area contributed by atoms with Crippen LogP contribution in [0.25, 0.3) is 6.08 Å². The Morgan fingerprint density at radius 3 is 2.58 bits per heavy atom. The molecule has 102 valence electrons. The summed E-state index contributed by atoms with van der Waals surface area (Å²) in [6.45, 7) is 1.55. The van der Waals surface area contributed by atoms with Crippen molar-refractivity contribution in [3.8, 4) is 5.75 Å². The number of benzene rings is 1. The highest BCUT2D eigenvalue weighted by Gasteiger charge is 2.62. The van der Waals surface area contributed by atoms with Crippen molar-refractivity contribution in [2.45, 2.75) is 18.2 Å². The second-order valence-electron chi connectivity index (χ2n) is 4.05. The van der Waals surface area contributed by atoms with Crippen molar-refractivity contribution in [3.05, 3.63) is 34.9 Å². The fourth-order valence-electron chi connectivity index (χ4n) is 1.78. The summed E-state index contributed by atoms with van der Waals surface area (Å²) in [5, 5.41) is 5.52. The monoisotopic (exact) mass is 292 g/mol. The maximum Gasteiger partial charge on any atom is 0.448 e. The summed E-state index contributed by atoms with van der Waals surface area (Å²) in [6.07, 6.45) is -4.17. The minimum atomic E-state index is -5.06. The number of halogens is 4. The van der Waals surface area contributed by atoms with Crippen LogP contribution in [-0.2, 0) is 4.79 Å². The van der Waals surface area contributed by atoms with Gasteiger partial charge in [-0.1, -0.05) is 29.8 Å². The van der Waals surface area contributed by atoms with Crippen LogP contribution in [0, 0.1) is 6.92 Å². The van der Waals surface area contributed by atoms with E-state index in [1.54, 1.807) is 19.1 Å². The minimum Gasteiger partial charge on any atom is -0.478 e. The molecule has 3 nitrogen and oxygen atoms in total. The highest BCUT2D eigenvalue weighted by atomic mass is 35.5. The molecular weight excluding hydrogens is 285 g/mol. The summed E-state index contributed by atoms with van der Waals surface area (Å²) in [4.78, 5) is 11.0. The molecule has 1 aromatic carbocycles. The lowest BCUT2D eigenvalue weighted by molar-refractivity contribution is -0.204. The van der Waals surface area contributed by atoms with Gasteiger partial charge in [-0.25, -0.2) is 4.79 Å². The van der Waals surface area contributed by atoms with E-state index in [0.717, 1.165) is 6.08 Å². The normalized spacial score (nSPS) is 22.3. The van der Waals surface area contributed by atoms with Gasteiger partial charge in [0.25, 0.3) is 0 Å². The van der Waals surface area contributed by atoms with Crippen LogP contribution >= 0.6 is 11.6 Å². The molecule has 0 aliphatic carbocycles. The molecule has 1 aliphatic rings. The molecule has 7 heteroatoms. The fraction of sp³-hybridized carbons (Fsp3) is 0.250. The van der Waals surface area contributed by atoms with Crippen molar-refractivity contribution >= 4 is 23.6 Å². The summed E-state index contributed by atoms with van der Waals surface area (Å²) in [6, 6.07) is 4.59. The van der Waals surface area contributed by atoms with Crippen molar-refractivity contribution in [1.29, 1.82) is 0 Å². The third kappa shape index (κ3) is 2.06. The van der Waals surface area contributed by atoms with Gasteiger partial charge in [0.2, 0.25) is 0 Å². The molecule has 0 saturated carbocycles. The number of fused-ring (bicyclic) bond motifs is 1. The van der Waals surface area contributed by atoms with Crippen molar-refractivity contribution in [3.63, 3.8) is 0 Å². The minimum absolute atomic E-state index is 0.0696. The molecule has 2 rings (SSSR count). The Morgan fingerprint density at radius 1 is 1.42 bits per heavy atom. The number of hydrogen-bond acceptors (Lipinski definition) is 2. The highest BCUT2D eigenvalue weighted by Crippen LogP contribution is 2.48. The molecule has 19 heavy (non-hydrogen) atoms.